The van der Waals surface area contributed by atoms with Gasteiger partial charge in [-0.25, -0.2) is 9.78 Å². The maximum Gasteiger partial charge on any atom is 0.336 e. The topological polar surface area (TPSA) is 84.2 Å². The smallest absolute Gasteiger partial charge is 0.336 e. The molecule has 3 aromatic rings. The number of hydrogen-bond acceptors (Lipinski definition) is 4. The number of imidazole rings is 1. The van der Waals surface area contributed by atoms with Gasteiger partial charge in [-0.05, 0) is 35.1 Å². The van der Waals surface area contributed by atoms with Crippen LogP contribution in [0.25, 0.3) is 11.1 Å². The van der Waals surface area contributed by atoms with Crippen LogP contribution < -0.4 is 5.32 Å². The summed E-state index contributed by atoms with van der Waals surface area (Å²) >= 11 is 4.49. The minimum absolute atomic E-state index is 0.0630. The van der Waals surface area contributed by atoms with Gasteiger partial charge in [-0.1, -0.05) is 76.1 Å². The van der Waals surface area contributed by atoms with Crippen LogP contribution in [0.5, 0.6) is 0 Å². The van der Waals surface area contributed by atoms with E-state index in [2.05, 4.69) is 41.3 Å². The number of carbonyl (C=O) groups is 2. The molecule has 0 saturated carbocycles. The summed E-state index contributed by atoms with van der Waals surface area (Å²) in [5.74, 6) is 0.202. The Morgan fingerprint density at radius 1 is 1.11 bits per heavy atom. The molecule has 2 unspecified atom stereocenters. The Morgan fingerprint density at radius 3 is 2.49 bits per heavy atom. The lowest BCUT2D eigenvalue weighted by Crippen LogP contribution is -2.35. The Labute approximate surface area is 213 Å². The largest absolute Gasteiger partial charge is 0.478 e. The Bertz CT molecular complexity index is 1140. The third kappa shape index (κ3) is 6.75. The van der Waals surface area contributed by atoms with Crippen molar-refractivity contribution < 1.29 is 14.7 Å². The monoisotopic (exact) mass is 493 g/mol. The van der Waals surface area contributed by atoms with Crippen molar-refractivity contribution in [2.24, 2.45) is 5.92 Å². The molecule has 1 heterocycles. The average molecular weight is 494 g/mol. The number of aromatic nitrogens is 2. The maximum absolute atomic E-state index is 12.6. The second-order valence-electron chi connectivity index (χ2n) is 8.95. The van der Waals surface area contributed by atoms with Gasteiger partial charge in [0.05, 0.1) is 29.2 Å². The van der Waals surface area contributed by atoms with E-state index in [4.69, 9.17) is 0 Å². The van der Waals surface area contributed by atoms with E-state index < -0.39 is 5.97 Å². The van der Waals surface area contributed by atoms with Crippen molar-refractivity contribution in [3.8, 4) is 11.1 Å². The molecular weight excluding hydrogens is 458 g/mol. The van der Waals surface area contributed by atoms with Crippen LogP contribution in [0, 0.1) is 5.92 Å². The number of carbonyl (C=O) groups excluding carboxylic acids is 1. The lowest BCUT2D eigenvalue weighted by Gasteiger charge is -2.18. The van der Waals surface area contributed by atoms with Gasteiger partial charge in [0.15, 0.2) is 0 Å². The second-order valence-corrected chi connectivity index (χ2v) is 9.51. The molecule has 0 spiro atoms. The molecule has 1 aromatic heterocycles. The maximum atomic E-state index is 12.6. The van der Waals surface area contributed by atoms with Crippen molar-refractivity contribution >= 4 is 24.5 Å². The number of aryl methyl sites for hydroxylation is 1. The van der Waals surface area contributed by atoms with Crippen molar-refractivity contribution in [1.82, 2.24) is 14.9 Å². The summed E-state index contributed by atoms with van der Waals surface area (Å²) in [4.78, 5) is 28.8. The predicted octanol–water partition coefficient (Wildman–Crippen LogP) is 5.60. The van der Waals surface area contributed by atoms with Crippen molar-refractivity contribution in [2.45, 2.75) is 64.8 Å². The van der Waals surface area contributed by atoms with E-state index >= 15 is 0 Å². The molecule has 2 atom stereocenters. The zero-order valence-electron chi connectivity index (χ0n) is 20.7. The minimum atomic E-state index is -0.938. The predicted molar refractivity (Wildman–Crippen MR) is 143 cm³/mol. The van der Waals surface area contributed by atoms with Crippen LogP contribution in [-0.2, 0) is 24.3 Å². The molecule has 2 N–H and O–H groups in total. The summed E-state index contributed by atoms with van der Waals surface area (Å²) in [6, 6.07) is 15.0. The average Bonchev–Trinajstić information content (AvgIpc) is 3.26. The first-order chi connectivity index (χ1) is 16.8. The standard InChI is InChI=1S/C28H35N3O3S/c1-4-6-11-25-29-16-22(17-30-27(32)26(35)19(3)5-2)31(25)18-20-12-14-21(15-13-20)23-9-7-8-10-24(23)28(33)34/h7-10,12-16,19,26,35H,4-6,11,17-18H2,1-3H3,(H,30,32)(H,33,34). The van der Waals surface area contributed by atoms with Crippen LogP contribution >= 0.6 is 12.6 Å². The number of carboxylic acids is 1. The van der Waals surface area contributed by atoms with Crippen LogP contribution in [0.1, 0.15) is 67.5 Å². The SMILES string of the molecule is CCCCc1ncc(CNC(=O)C(S)C(C)CC)n1Cc1ccc(-c2ccccc2C(=O)O)cc1. The second kappa shape index (κ2) is 12.6. The first-order valence-corrected chi connectivity index (χ1v) is 12.8. The van der Waals surface area contributed by atoms with Crippen molar-refractivity contribution in [3.05, 3.63) is 77.4 Å². The summed E-state index contributed by atoms with van der Waals surface area (Å²) in [5.41, 5.74) is 3.88. The van der Waals surface area contributed by atoms with E-state index in [1.54, 1.807) is 12.1 Å². The Morgan fingerprint density at radius 2 is 1.83 bits per heavy atom. The van der Waals surface area contributed by atoms with Gasteiger partial charge in [0.1, 0.15) is 5.82 Å². The number of nitrogens with one attached hydrogen (secondary N) is 1. The summed E-state index contributed by atoms with van der Waals surface area (Å²) in [5, 5.41) is 12.2. The normalized spacial score (nSPS) is 12.8. The van der Waals surface area contributed by atoms with Crippen molar-refractivity contribution in [1.29, 1.82) is 0 Å². The number of rotatable bonds is 12. The molecule has 0 fully saturated rings. The van der Waals surface area contributed by atoms with E-state index in [1.807, 2.05) is 49.5 Å². The first-order valence-electron chi connectivity index (χ1n) is 12.3. The molecule has 3 rings (SSSR count). The fraction of sp³-hybridized carbons (Fsp3) is 0.393. The first kappa shape index (κ1) is 26.5. The molecule has 7 heteroatoms. The third-order valence-electron chi connectivity index (χ3n) is 6.43. The van der Waals surface area contributed by atoms with E-state index in [-0.39, 0.29) is 22.6 Å². The van der Waals surface area contributed by atoms with E-state index in [0.717, 1.165) is 48.3 Å². The molecule has 0 radical (unpaired) electrons. The molecule has 0 aliphatic carbocycles. The summed E-state index contributed by atoms with van der Waals surface area (Å²) in [6.07, 6.45) is 5.73. The van der Waals surface area contributed by atoms with Crippen molar-refractivity contribution in [2.75, 3.05) is 0 Å². The van der Waals surface area contributed by atoms with Crippen LogP contribution in [0.3, 0.4) is 0 Å². The Hall–Kier alpha value is -3.06. The highest BCUT2D eigenvalue weighted by atomic mass is 32.1. The lowest BCUT2D eigenvalue weighted by atomic mass is 9.99. The van der Waals surface area contributed by atoms with Gasteiger partial charge in [-0.15, -0.1) is 0 Å². The van der Waals surface area contributed by atoms with Gasteiger partial charge >= 0.3 is 5.97 Å². The number of unbranched alkanes of at least 4 members (excludes halogenated alkanes) is 1. The van der Waals surface area contributed by atoms with E-state index in [0.29, 0.717) is 18.7 Å². The molecule has 0 aliphatic heterocycles. The summed E-state index contributed by atoms with van der Waals surface area (Å²) in [6.45, 7) is 7.27. The highest BCUT2D eigenvalue weighted by Crippen LogP contribution is 2.25. The number of carboxylic acid groups (broad SMARTS) is 1. The highest BCUT2D eigenvalue weighted by Gasteiger charge is 2.20. The van der Waals surface area contributed by atoms with Gasteiger partial charge < -0.3 is 15.0 Å². The zero-order chi connectivity index (χ0) is 25.4. The van der Waals surface area contributed by atoms with Crippen molar-refractivity contribution in [3.63, 3.8) is 0 Å². The number of thiol groups is 1. The summed E-state index contributed by atoms with van der Waals surface area (Å²) in [7, 11) is 0. The molecular formula is C28H35N3O3S. The Kier molecular flexibility index (Phi) is 9.55. The number of nitrogens with zero attached hydrogens (tertiary/aromatic N) is 2. The molecule has 6 nitrogen and oxygen atoms in total. The van der Waals surface area contributed by atoms with Crippen LogP contribution in [-0.4, -0.2) is 31.8 Å². The summed E-state index contributed by atoms with van der Waals surface area (Å²) < 4.78 is 2.17. The quantitative estimate of drug-likeness (QED) is 0.287. The highest BCUT2D eigenvalue weighted by molar-refractivity contribution is 7.81. The number of amides is 1. The van der Waals surface area contributed by atoms with Gasteiger partial charge in [-0.3, -0.25) is 4.79 Å². The molecule has 2 aromatic carbocycles. The lowest BCUT2D eigenvalue weighted by molar-refractivity contribution is -0.121. The van der Waals surface area contributed by atoms with Crippen LogP contribution in [0.4, 0.5) is 0 Å². The Balaban J connectivity index is 1.80. The molecule has 0 aliphatic rings. The minimum Gasteiger partial charge on any atom is -0.478 e. The number of benzene rings is 2. The van der Waals surface area contributed by atoms with E-state index in [9.17, 15) is 14.7 Å². The molecule has 0 bridgehead atoms. The number of hydrogen-bond donors (Lipinski definition) is 3. The fourth-order valence-corrected chi connectivity index (χ4v) is 4.28. The molecule has 1 amide bonds. The van der Waals surface area contributed by atoms with Gasteiger partial charge in [0, 0.05) is 13.0 Å². The molecule has 35 heavy (non-hydrogen) atoms. The van der Waals surface area contributed by atoms with Gasteiger partial charge in [0.2, 0.25) is 5.91 Å². The molecule has 186 valence electrons. The van der Waals surface area contributed by atoms with E-state index in [1.165, 1.54) is 0 Å². The number of aromatic carboxylic acids is 1. The van der Waals surface area contributed by atoms with Crippen LogP contribution in [0.2, 0.25) is 0 Å². The fourth-order valence-electron chi connectivity index (χ4n) is 3.98. The van der Waals surface area contributed by atoms with Gasteiger partial charge in [0.25, 0.3) is 0 Å². The third-order valence-corrected chi connectivity index (χ3v) is 7.18. The van der Waals surface area contributed by atoms with Crippen LogP contribution in [0.15, 0.2) is 54.7 Å². The molecule has 0 saturated heterocycles. The zero-order valence-corrected chi connectivity index (χ0v) is 21.6. The van der Waals surface area contributed by atoms with Gasteiger partial charge in [-0.2, -0.15) is 12.6 Å².